The first kappa shape index (κ1) is 16.9. The summed E-state index contributed by atoms with van der Waals surface area (Å²) in [6.45, 7) is 8.94. The van der Waals surface area contributed by atoms with Crippen LogP contribution < -0.4 is 5.32 Å². The molecule has 1 saturated heterocycles. The number of piperazine rings is 1. The van der Waals surface area contributed by atoms with Crippen LogP contribution in [0.3, 0.4) is 0 Å². The Labute approximate surface area is 125 Å². The predicted molar refractivity (Wildman–Crippen MR) is 81.9 cm³/mol. The quantitative estimate of drug-likeness (QED) is 0.907. The molecule has 1 aromatic heterocycles. The molecule has 1 fully saturated rings. The highest BCUT2D eigenvalue weighted by molar-refractivity contribution is 7.91. The summed E-state index contributed by atoms with van der Waals surface area (Å²) in [5.74, 6) is 0. The van der Waals surface area contributed by atoms with Crippen molar-refractivity contribution in [1.82, 2.24) is 9.62 Å². The van der Waals surface area contributed by atoms with Crippen LogP contribution in [0.25, 0.3) is 0 Å². The van der Waals surface area contributed by atoms with E-state index in [-0.39, 0.29) is 24.5 Å². The summed E-state index contributed by atoms with van der Waals surface area (Å²) in [4.78, 5) is 1.04. The lowest BCUT2D eigenvalue weighted by Gasteiger charge is -2.35. The second-order valence-electron chi connectivity index (χ2n) is 5.12. The normalized spacial score (nSPS) is 25.1. The standard InChI is InChI=1S/C12H20N2O2S2.ClH/c1-8-5-11(4)17-12(8)18(15,16)14-6-9(2)13-10(3)7-14;/h5,9-10,13H,6-7H2,1-4H3;1H. The average Bonchev–Trinajstić information content (AvgIpc) is 2.57. The minimum atomic E-state index is -3.33. The molecule has 4 nitrogen and oxygen atoms in total. The summed E-state index contributed by atoms with van der Waals surface area (Å²) in [6, 6.07) is 2.34. The number of sulfonamides is 1. The van der Waals surface area contributed by atoms with Gasteiger partial charge in [-0.1, -0.05) is 0 Å². The third kappa shape index (κ3) is 3.49. The van der Waals surface area contributed by atoms with Gasteiger partial charge in [0.15, 0.2) is 0 Å². The number of rotatable bonds is 2. The number of nitrogens with zero attached hydrogens (tertiary/aromatic N) is 1. The lowest BCUT2D eigenvalue weighted by Crippen LogP contribution is -2.55. The van der Waals surface area contributed by atoms with Gasteiger partial charge in [0.1, 0.15) is 4.21 Å². The molecule has 19 heavy (non-hydrogen) atoms. The van der Waals surface area contributed by atoms with E-state index in [9.17, 15) is 8.42 Å². The van der Waals surface area contributed by atoms with E-state index in [1.54, 1.807) is 4.31 Å². The highest BCUT2D eigenvalue weighted by Crippen LogP contribution is 2.29. The van der Waals surface area contributed by atoms with Gasteiger partial charge in [0, 0.05) is 30.1 Å². The van der Waals surface area contributed by atoms with E-state index in [0.717, 1.165) is 10.4 Å². The monoisotopic (exact) mass is 324 g/mol. The topological polar surface area (TPSA) is 49.4 Å². The number of halogens is 1. The van der Waals surface area contributed by atoms with Crippen LogP contribution in [0.1, 0.15) is 24.3 Å². The molecule has 1 aliphatic heterocycles. The summed E-state index contributed by atoms with van der Waals surface area (Å²) in [7, 11) is -3.33. The third-order valence-corrected chi connectivity index (χ3v) is 6.69. The number of aryl methyl sites for hydroxylation is 2. The van der Waals surface area contributed by atoms with Gasteiger partial charge in [0.05, 0.1) is 0 Å². The minimum absolute atomic E-state index is 0. The van der Waals surface area contributed by atoms with E-state index in [1.807, 2.05) is 33.8 Å². The molecule has 1 aromatic rings. The predicted octanol–water partition coefficient (Wildman–Crippen LogP) is 2.16. The molecule has 2 unspecified atom stereocenters. The molecule has 110 valence electrons. The molecule has 1 aliphatic rings. The van der Waals surface area contributed by atoms with E-state index in [2.05, 4.69) is 5.32 Å². The van der Waals surface area contributed by atoms with Crippen molar-refractivity contribution in [2.75, 3.05) is 13.1 Å². The molecule has 1 N–H and O–H groups in total. The average molecular weight is 325 g/mol. The van der Waals surface area contributed by atoms with Crippen molar-refractivity contribution in [3.63, 3.8) is 0 Å². The van der Waals surface area contributed by atoms with Crippen LogP contribution in [0.2, 0.25) is 0 Å². The summed E-state index contributed by atoms with van der Waals surface area (Å²) >= 11 is 1.37. The lowest BCUT2D eigenvalue weighted by atomic mass is 10.2. The van der Waals surface area contributed by atoms with Crippen LogP contribution >= 0.6 is 23.7 Å². The number of hydrogen-bond acceptors (Lipinski definition) is 4. The Morgan fingerprint density at radius 1 is 1.26 bits per heavy atom. The van der Waals surface area contributed by atoms with Crippen LogP contribution in [0.15, 0.2) is 10.3 Å². The highest BCUT2D eigenvalue weighted by atomic mass is 35.5. The van der Waals surface area contributed by atoms with E-state index in [1.165, 1.54) is 11.3 Å². The van der Waals surface area contributed by atoms with E-state index in [0.29, 0.717) is 17.3 Å². The first-order chi connectivity index (χ1) is 8.30. The Bertz CT molecular complexity index is 532. The molecule has 0 spiro atoms. The third-order valence-electron chi connectivity index (χ3n) is 3.09. The molecule has 0 radical (unpaired) electrons. The largest absolute Gasteiger partial charge is 0.309 e. The van der Waals surface area contributed by atoms with Gasteiger partial charge in [-0.15, -0.1) is 23.7 Å². The Kier molecular flexibility index (Phi) is 5.43. The molecule has 2 rings (SSSR count). The second-order valence-corrected chi connectivity index (χ2v) is 8.51. The smallest absolute Gasteiger partial charge is 0.252 e. The Hall–Kier alpha value is -0.140. The van der Waals surface area contributed by atoms with Gasteiger partial charge < -0.3 is 5.32 Å². The molecular weight excluding hydrogens is 304 g/mol. The summed E-state index contributed by atoms with van der Waals surface area (Å²) < 4.78 is 27.4. The van der Waals surface area contributed by atoms with Gasteiger partial charge >= 0.3 is 0 Å². The van der Waals surface area contributed by atoms with Crippen molar-refractivity contribution in [3.8, 4) is 0 Å². The van der Waals surface area contributed by atoms with E-state index >= 15 is 0 Å². The SMILES string of the molecule is Cc1cc(C)c(S(=O)(=O)N2CC(C)NC(C)C2)s1.Cl. The van der Waals surface area contributed by atoms with Gasteiger partial charge in [0.25, 0.3) is 10.0 Å². The van der Waals surface area contributed by atoms with Gasteiger partial charge in [-0.05, 0) is 39.3 Å². The Morgan fingerprint density at radius 3 is 2.21 bits per heavy atom. The van der Waals surface area contributed by atoms with Crippen LogP contribution in [-0.2, 0) is 10.0 Å². The Morgan fingerprint density at radius 2 is 1.79 bits per heavy atom. The van der Waals surface area contributed by atoms with Crippen LogP contribution in [0, 0.1) is 13.8 Å². The van der Waals surface area contributed by atoms with Crippen molar-refractivity contribution in [3.05, 3.63) is 16.5 Å². The van der Waals surface area contributed by atoms with Crippen molar-refractivity contribution in [2.45, 2.75) is 44.0 Å². The van der Waals surface area contributed by atoms with E-state index < -0.39 is 10.0 Å². The molecule has 0 bridgehead atoms. The fourth-order valence-electron chi connectivity index (χ4n) is 2.47. The molecule has 0 aliphatic carbocycles. The molecule has 0 saturated carbocycles. The van der Waals surface area contributed by atoms with E-state index in [4.69, 9.17) is 0 Å². The molecule has 0 amide bonds. The zero-order valence-electron chi connectivity index (χ0n) is 11.6. The summed E-state index contributed by atoms with van der Waals surface area (Å²) in [5, 5.41) is 3.35. The Balaban J connectivity index is 0.00000180. The minimum Gasteiger partial charge on any atom is -0.309 e. The zero-order valence-corrected chi connectivity index (χ0v) is 14.1. The maximum atomic E-state index is 12.6. The maximum absolute atomic E-state index is 12.6. The highest BCUT2D eigenvalue weighted by Gasteiger charge is 2.33. The first-order valence-electron chi connectivity index (χ1n) is 6.14. The second kappa shape index (κ2) is 6.10. The maximum Gasteiger partial charge on any atom is 0.252 e. The number of thiophene rings is 1. The number of nitrogens with one attached hydrogen (secondary N) is 1. The molecule has 7 heteroatoms. The van der Waals surface area contributed by atoms with Gasteiger partial charge in [0.2, 0.25) is 0 Å². The number of hydrogen-bond donors (Lipinski definition) is 1. The van der Waals surface area contributed by atoms with Gasteiger partial charge in [-0.3, -0.25) is 0 Å². The van der Waals surface area contributed by atoms with Gasteiger partial charge in [-0.25, -0.2) is 8.42 Å². The fourth-order valence-corrected chi connectivity index (χ4v) is 5.89. The molecule has 2 atom stereocenters. The molecule has 2 heterocycles. The summed E-state index contributed by atoms with van der Waals surface area (Å²) in [6.07, 6.45) is 0. The first-order valence-corrected chi connectivity index (χ1v) is 8.39. The molecule has 0 aromatic carbocycles. The van der Waals surface area contributed by atoms with Crippen LogP contribution in [0.5, 0.6) is 0 Å². The lowest BCUT2D eigenvalue weighted by molar-refractivity contribution is 0.263. The fraction of sp³-hybridized carbons (Fsp3) is 0.667. The van der Waals surface area contributed by atoms with Crippen LogP contribution in [0.4, 0.5) is 0 Å². The van der Waals surface area contributed by atoms with Crippen molar-refractivity contribution < 1.29 is 8.42 Å². The zero-order chi connectivity index (χ0) is 13.5. The van der Waals surface area contributed by atoms with Crippen molar-refractivity contribution >= 4 is 33.8 Å². The summed E-state index contributed by atoms with van der Waals surface area (Å²) in [5.41, 5.74) is 0.858. The van der Waals surface area contributed by atoms with Gasteiger partial charge in [-0.2, -0.15) is 4.31 Å². The van der Waals surface area contributed by atoms with Crippen molar-refractivity contribution in [1.29, 1.82) is 0 Å². The van der Waals surface area contributed by atoms with Crippen molar-refractivity contribution in [2.24, 2.45) is 0 Å². The van der Waals surface area contributed by atoms with Crippen LogP contribution in [-0.4, -0.2) is 37.9 Å². The molecular formula is C12H21ClN2O2S2.